The van der Waals surface area contributed by atoms with Crippen LogP contribution in [0.25, 0.3) is 0 Å². The molecule has 0 saturated heterocycles. The summed E-state index contributed by atoms with van der Waals surface area (Å²) in [7, 11) is 1.44. The number of halogens is 1. The molecule has 5 rings (SSSR count). The lowest BCUT2D eigenvalue weighted by Gasteiger charge is -2.22. The highest BCUT2D eigenvalue weighted by Crippen LogP contribution is 2.34. The number of thiazole rings is 1. The van der Waals surface area contributed by atoms with Crippen molar-refractivity contribution in [3.05, 3.63) is 69.9 Å². The van der Waals surface area contributed by atoms with Crippen LogP contribution in [0.1, 0.15) is 59.0 Å². The number of benzene rings is 2. The molecule has 4 amide bonds. The van der Waals surface area contributed by atoms with Gasteiger partial charge in [0.2, 0.25) is 11.8 Å². The Morgan fingerprint density at radius 3 is 2.65 bits per heavy atom. The highest BCUT2D eigenvalue weighted by atomic mass is 32.1. The Hall–Kier alpha value is -4.52. The van der Waals surface area contributed by atoms with E-state index >= 15 is 0 Å². The number of hydrogen-bond acceptors (Lipinski definition) is 8. The summed E-state index contributed by atoms with van der Waals surface area (Å²) in [5.41, 5.74) is 2.66. The number of fused-ring (bicyclic) bond motifs is 16. The SMILES string of the molecule is CC[C@@H]1NC(=O)CCCN(C(=O)c2cscn2)CCCNC(=O)c2ccc(OC)c(c2)Oc2ccc(cc2F)CNC1=O. The summed E-state index contributed by atoms with van der Waals surface area (Å²) in [6, 6.07) is 8.10. The van der Waals surface area contributed by atoms with Gasteiger partial charge in [0, 0.05) is 43.5 Å². The van der Waals surface area contributed by atoms with Crippen molar-refractivity contribution in [2.45, 2.75) is 45.2 Å². The van der Waals surface area contributed by atoms with Crippen molar-refractivity contribution < 1.29 is 33.0 Å². The van der Waals surface area contributed by atoms with Crippen molar-refractivity contribution in [3.63, 3.8) is 0 Å². The predicted octanol–water partition coefficient (Wildman–Crippen LogP) is 3.65. The molecule has 3 aromatic rings. The monoisotopic (exact) mass is 611 g/mol. The zero-order chi connectivity index (χ0) is 30.8. The minimum absolute atomic E-state index is 0.0368. The number of methoxy groups -OCH3 is 1. The van der Waals surface area contributed by atoms with E-state index in [2.05, 4.69) is 20.9 Å². The van der Waals surface area contributed by atoms with E-state index in [1.54, 1.807) is 40.9 Å². The lowest BCUT2D eigenvalue weighted by atomic mass is 10.1. The van der Waals surface area contributed by atoms with Crippen molar-refractivity contribution in [1.29, 1.82) is 0 Å². The van der Waals surface area contributed by atoms with Crippen LogP contribution in [0.15, 0.2) is 47.3 Å². The second kappa shape index (κ2) is 15.1. The van der Waals surface area contributed by atoms with E-state index in [-0.39, 0.29) is 54.3 Å². The molecular formula is C30H34FN5O6S. The van der Waals surface area contributed by atoms with Crippen LogP contribution in [0.4, 0.5) is 4.39 Å². The summed E-state index contributed by atoms with van der Waals surface area (Å²) < 4.78 is 26.1. The van der Waals surface area contributed by atoms with Gasteiger partial charge in [-0.3, -0.25) is 19.2 Å². The number of carbonyl (C=O) groups excluding carboxylic acids is 4. The van der Waals surface area contributed by atoms with Gasteiger partial charge < -0.3 is 30.3 Å². The number of aromatic nitrogens is 1. The number of ether oxygens (including phenoxy) is 2. The molecule has 0 spiro atoms. The van der Waals surface area contributed by atoms with E-state index in [4.69, 9.17) is 9.47 Å². The van der Waals surface area contributed by atoms with Crippen LogP contribution >= 0.6 is 11.3 Å². The van der Waals surface area contributed by atoms with Gasteiger partial charge in [0.15, 0.2) is 23.1 Å². The number of rotatable bonds is 3. The first-order valence-electron chi connectivity index (χ1n) is 14.0. The molecule has 1 aromatic heterocycles. The third-order valence-electron chi connectivity index (χ3n) is 6.83. The van der Waals surface area contributed by atoms with E-state index in [1.165, 1.54) is 36.6 Å². The highest BCUT2D eigenvalue weighted by molar-refractivity contribution is 7.07. The molecule has 2 aliphatic heterocycles. The van der Waals surface area contributed by atoms with Crippen molar-refractivity contribution >= 4 is 35.0 Å². The second-order valence-electron chi connectivity index (χ2n) is 9.86. The smallest absolute Gasteiger partial charge is 0.273 e. The van der Waals surface area contributed by atoms with Crippen molar-refractivity contribution in [3.8, 4) is 17.2 Å². The van der Waals surface area contributed by atoms with Crippen LogP contribution in [0.2, 0.25) is 0 Å². The van der Waals surface area contributed by atoms with Gasteiger partial charge in [0.05, 0.1) is 12.6 Å². The molecule has 0 aliphatic carbocycles. The normalized spacial score (nSPS) is 17.3. The zero-order valence-electron chi connectivity index (χ0n) is 24.0. The quantitative estimate of drug-likeness (QED) is 0.411. The van der Waals surface area contributed by atoms with Gasteiger partial charge in [-0.2, -0.15) is 0 Å². The summed E-state index contributed by atoms with van der Waals surface area (Å²) in [5.74, 6) is -1.66. The summed E-state index contributed by atoms with van der Waals surface area (Å²) >= 11 is 1.31. The van der Waals surface area contributed by atoms with Crippen molar-refractivity contribution in [2.24, 2.45) is 0 Å². The molecule has 43 heavy (non-hydrogen) atoms. The Morgan fingerprint density at radius 1 is 1.12 bits per heavy atom. The standard InChI is InChI=1S/C30H34FN5O6S/c1-3-22-29(39)33-16-19-7-9-24(21(31)14-19)42-26-15-20(8-10-25(26)41-2)28(38)32-11-5-13-36(12-4-6-27(37)35-22)30(40)23-17-43-18-34-23/h7-10,14-15,17-18,22H,3-6,11-13,16H2,1-2H3,(H,32,38)(H,33,39)(H,35,37)/t22-/m0/s1. The summed E-state index contributed by atoms with van der Waals surface area (Å²) in [6.07, 6.45) is 1.28. The minimum Gasteiger partial charge on any atom is -0.493 e. The van der Waals surface area contributed by atoms with Crippen LogP contribution in [0.5, 0.6) is 17.2 Å². The topological polar surface area (TPSA) is 139 Å². The third kappa shape index (κ3) is 8.51. The molecule has 4 bridgehead atoms. The van der Waals surface area contributed by atoms with E-state index < -0.39 is 17.8 Å². The van der Waals surface area contributed by atoms with Gasteiger partial charge in [-0.15, -0.1) is 11.3 Å². The first-order chi connectivity index (χ1) is 20.8. The number of nitrogens with one attached hydrogen (secondary N) is 3. The molecule has 13 heteroatoms. The van der Waals surface area contributed by atoms with Gasteiger partial charge in [0.1, 0.15) is 11.7 Å². The largest absolute Gasteiger partial charge is 0.493 e. The van der Waals surface area contributed by atoms with E-state index in [9.17, 15) is 23.6 Å². The average molecular weight is 612 g/mol. The summed E-state index contributed by atoms with van der Waals surface area (Å²) in [5, 5.41) is 9.97. The number of carbonyl (C=O) groups is 4. The maximum Gasteiger partial charge on any atom is 0.273 e. The maximum atomic E-state index is 15.0. The molecule has 0 fully saturated rings. The fourth-order valence-electron chi connectivity index (χ4n) is 4.48. The van der Waals surface area contributed by atoms with Gasteiger partial charge in [0.25, 0.3) is 11.8 Å². The molecule has 228 valence electrons. The Kier molecular flexibility index (Phi) is 11.0. The van der Waals surface area contributed by atoms with Crippen molar-refractivity contribution in [2.75, 3.05) is 26.7 Å². The Balaban J connectivity index is 1.56. The first-order valence-corrected chi connectivity index (χ1v) is 14.9. The van der Waals surface area contributed by atoms with Crippen LogP contribution in [0.3, 0.4) is 0 Å². The number of hydrogen-bond donors (Lipinski definition) is 3. The molecule has 3 N–H and O–H groups in total. The molecular weight excluding hydrogens is 577 g/mol. The first kappa shape index (κ1) is 31.4. The summed E-state index contributed by atoms with van der Waals surface area (Å²) in [4.78, 5) is 57.1. The summed E-state index contributed by atoms with van der Waals surface area (Å²) in [6.45, 7) is 2.70. The average Bonchev–Trinajstić information content (AvgIpc) is 3.55. The maximum absolute atomic E-state index is 15.0. The van der Waals surface area contributed by atoms with Crippen LogP contribution < -0.4 is 25.4 Å². The van der Waals surface area contributed by atoms with E-state index in [0.29, 0.717) is 49.4 Å². The lowest BCUT2D eigenvalue weighted by molar-refractivity contribution is -0.129. The second-order valence-corrected chi connectivity index (χ2v) is 10.6. The highest BCUT2D eigenvalue weighted by Gasteiger charge is 2.21. The van der Waals surface area contributed by atoms with E-state index in [1.807, 2.05) is 0 Å². The number of nitrogens with zero attached hydrogens (tertiary/aromatic N) is 2. The van der Waals surface area contributed by atoms with Crippen LogP contribution in [0, 0.1) is 5.82 Å². The van der Waals surface area contributed by atoms with Gasteiger partial charge in [-0.05, 0) is 55.2 Å². The molecule has 0 unspecified atom stereocenters. The van der Waals surface area contributed by atoms with E-state index in [0.717, 1.165) is 0 Å². The molecule has 3 heterocycles. The predicted molar refractivity (Wildman–Crippen MR) is 158 cm³/mol. The number of amides is 4. The fraction of sp³-hybridized carbons (Fsp3) is 0.367. The molecule has 0 radical (unpaired) electrons. The van der Waals surface area contributed by atoms with Gasteiger partial charge in [-0.1, -0.05) is 13.0 Å². The molecule has 1 atom stereocenters. The lowest BCUT2D eigenvalue weighted by Crippen LogP contribution is -2.46. The zero-order valence-corrected chi connectivity index (χ0v) is 24.8. The minimum atomic E-state index is -0.766. The molecule has 11 nitrogen and oxygen atoms in total. The molecule has 2 aliphatic rings. The van der Waals surface area contributed by atoms with Crippen molar-refractivity contribution in [1.82, 2.24) is 25.8 Å². The van der Waals surface area contributed by atoms with Crippen LogP contribution in [-0.2, 0) is 16.1 Å². The molecule has 2 aromatic carbocycles. The fourth-order valence-corrected chi connectivity index (χ4v) is 5.01. The Labute approximate surface area is 252 Å². The van der Waals surface area contributed by atoms with Gasteiger partial charge >= 0.3 is 0 Å². The Bertz CT molecular complexity index is 1450. The van der Waals surface area contributed by atoms with Gasteiger partial charge in [-0.25, -0.2) is 9.37 Å². The molecule has 0 saturated carbocycles. The third-order valence-corrected chi connectivity index (χ3v) is 7.42. The van der Waals surface area contributed by atoms with Crippen LogP contribution in [-0.4, -0.2) is 66.3 Å². The Morgan fingerprint density at radius 2 is 1.93 bits per heavy atom.